The van der Waals surface area contributed by atoms with Crippen molar-refractivity contribution in [1.29, 1.82) is 0 Å². The number of piperazine rings is 1. The van der Waals surface area contributed by atoms with Crippen molar-refractivity contribution < 1.29 is 19.2 Å². The summed E-state index contributed by atoms with van der Waals surface area (Å²) in [5, 5.41) is 0.943. The van der Waals surface area contributed by atoms with Crippen LogP contribution in [0.1, 0.15) is 68.3 Å². The number of rotatable bonds is 4. The molecule has 2 atom stereocenters. The maximum absolute atomic E-state index is 13.3. The number of amides is 4. The molecule has 5 rings (SSSR count). The van der Waals surface area contributed by atoms with Crippen molar-refractivity contribution in [2.24, 2.45) is 23.3 Å². The maximum Gasteiger partial charge on any atom is 0.252 e. The number of fused-ring (bicyclic) bond motifs is 2. The van der Waals surface area contributed by atoms with Crippen LogP contribution in [0.3, 0.4) is 0 Å². The quantitative estimate of drug-likeness (QED) is 0.669. The summed E-state index contributed by atoms with van der Waals surface area (Å²) in [5.74, 6) is -0.753. The molecule has 0 saturated carbocycles. The molecule has 34 heavy (non-hydrogen) atoms. The average Bonchev–Trinajstić information content (AvgIpc) is 3.32. The molecule has 2 aromatic rings. The zero-order valence-electron chi connectivity index (χ0n) is 19.3. The Balaban J connectivity index is 1.49. The standard InChI is InChI=1S/C24H28N4O4S2/c1-11-3-5-13-15(7-11)33-23(19(13)21(25)31)27-9-18(30)28(10-17(27)29)24-20(22(26)32)14-6-4-12(2)8-16(14)34-24/h11-12H,3-10H2,1-2H3,(H2,25,31)(H2,26,32)/t11-,12-/m1/s1. The summed E-state index contributed by atoms with van der Waals surface area (Å²) in [6.07, 6.45) is 5.08. The number of primary amides is 2. The Morgan fingerprint density at radius 1 is 0.765 bits per heavy atom. The molecule has 10 heteroatoms. The highest BCUT2D eigenvalue weighted by Gasteiger charge is 2.39. The molecule has 0 unspecified atom stereocenters. The van der Waals surface area contributed by atoms with Gasteiger partial charge in [0.25, 0.3) is 11.8 Å². The maximum atomic E-state index is 13.3. The van der Waals surface area contributed by atoms with E-state index in [0.717, 1.165) is 59.4 Å². The van der Waals surface area contributed by atoms with Gasteiger partial charge in [0, 0.05) is 9.75 Å². The van der Waals surface area contributed by atoms with Crippen LogP contribution >= 0.6 is 22.7 Å². The molecule has 0 radical (unpaired) electrons. The minimum absolute atomic E-state index is 0.203. The molecule has 3 aliphatic rings. The van der Waals surface area contributed by atoms with Crippen molar-refractivity contribution >= 4 is 56.3 Å². The largest absolute Gasteiger partial charge is 0.365 e. The Kier molecular flexibility index (Phi) is 5.76. The fraction of sp³-hybridized carbons (Fsp3) is 0.500. The summed E-state index contributed by atoms with van der Waals surface area (Å²) in [5.41, 5.74) is 14.0. The van der Waals surface area contributed by atoms with Gasteiger partial charge in [0.15, 0.2) is 0 Å². The smallest absolute Gasteiger partial charge is 0.252 e. The first-order valence-corrected chi connectivity index (χ1v) is 13.3. The number of hydrogen-bond acceptors (Lipinski definition) is 6. The molecule has 180 valence electrons. The predicted molar refractivity (Wildman–Crippen MR) is 133 cm³/mol. The predicted octanol–water partition coefficient (Wildman–Crippen LogP) is 2.64. The summed E-state index contributed by atoms with van der Waals surface area (Å²) >= 11 is 2.79. The van der Waals surface area contributed by atoms with E-state index >= 15 is 0 Å². The van der Waals surface area contributed by atoms with Gasteiger partial charge in [0.05, 0.1) is 11.1 Å². The number of nitrogens with zero attached hydrogens (tertiary/aromatic N) is 2. The lowest BCUT2D eigenvalue weighted by Crippen LogP contribution is -2.54. The number of nitrogens with two attached hydrogens (primary N) is 2. The molecular formula is C24H28N4O4S2. The fourth-order valence-corrected chi connectivity index (χ4v) is 8.41. The van der Waals surface area contributed by atoms with Gasteiger partial charge in [-0.1, -0.05) is 13.8 Å². The first-order valence-electron chi connectivity index (χ1n) is 11.6. The van der Waals surface area contributed by atoms with E-state index in [1.807, 2.05) is 0 Å². The number of hydrogen-bond donors (Lipinski definition) is 2. The molecule has 2 aromatic heterocycles. The zero-order chi connectivity index (χ0) is 24.3. The molecule has 1 fully saturated rings. The highest BCUT2D eigenvalue weighted by atomic mass is 32.1. The van der Waals surface area contributed by atoms with Crippen LogP contribution in [0.4, 0.5) is 10.0 Å². The van der Waals surface area contributed by atoms with E-state index in [1.165, 1.54) is 32.5 Å². The van der Waals surface area contributed by atoms with E-state index in [4.69, 9.17) is 11.5 Å². The number of anilines is 2. The van der Waals surface area contributed by atoms with E-state index in [0.29, 0.717) is 33.0 Å². The number of carbonyl (C=O) groups is 4. The molecule has 0 bridgehead atoms. The molecule has 8 nitrogen and oxygen atoms in total. The summed E-state index contributed by atoms with van der Waals surface area (Å²) in [6.45, 7) is 3.92. The fourth-order valence-electron chi connectivity index (χ4n) is 5.35. The Bertz CT molecular complexity index is 1140. The van der Waals surface area contributed by atoms with Crippen molar-refractivity contribution in [1.82, 2.24) is 0 Å². The highest BCUT2D eigenvalue weighted by molar-refractivity contribution is 7.17. The Labute approximate surface area is 205 Å². The van der Waals surface area contributed by atoms with E-state index in [9.17, 15) is 19.2 Å². The van der Waals surface area contributed by atoms with Gasteiger partial charge in [-0.25, -0.2) is 0 Å². The summed E-state index contributed by atoms with van der Waals surface area (Å²) < 4.78 is 0. The first-order chi connectivity index (χ1) is 16.2. The van der Waals surface area contributed by atoms with Crippen LogP contribution in [-0.2, 0) is 35.3 Å². The third-order valence-electron chi connectivity index (χ3n) is 7.16. The zero-order valence-corrected chi connectivity index (χ0v) is 20.9. The molecule has 1 saturated heterocycles. The minimum Gasteiger partial charge on any atom is -0.365 e. The molecule has 3 heterocycles. The lowest BCUT2D eigenvalue weighted by Gasteiger charge is -2.33. The number of carbonyl (C=O) groups excluding carboxylic acids is 4. The molecule has 0 spiro atoms. The molecule has 2 aliphatic carbocycles. The SMILES string of the molecule is C[C@@H]1CCc2c(sc(N3CC(=O)N(c4sc5c(c4C(N)=O)CC[C@@H](C)C5)CC3=O)c2C(N)=O)C1. The second-order valence-corrected chi connectivity index (χ2v) is 11.9. The van der Waals surface area contributed by atoms with Crippen LogP contribution in [0.15, 0.2) is 0 Å². The third kappa shape index (κ3) is 3.73. The van der Waals surface area contributed by atoms with Crippen molar-refractivity contribution in [2.45, 2.75) is 52.4 Å². The van der Waals surface area contributed by atoms with Crippen LogP contribution in [0.2, 0.25) is 0 Å². The average molecular weight is 501 g/mol. The monoisotopic (exact) mass is 500 g/mol. The lowest BCUT2D eigenvalue weighted by molar-refractivity contribution is -0.125. The van der Waals surface area contributed by atoms with Crippen molar-refractivity contribution in [3.8, 4) is 0 Å². The minimum atomic E-state index is -0.569. The molecule has 0 aromatic carbocycles. The van der Waals surface area contributed by atoms with E-state index < -0.39 is 11.8 Å². The van der Waals surface area contributed by atoms with Crippen LogP contribution in [0.25, 0.3) is 0 Å². The second-order valence-electron chi connectivity index (χ2n) is 9.75. The number of thiophene rings is 2. The summed E-state index contributed by atoms with van der Waals surface area (Å²) in [6, 6.07) is 0. The Morgan fingerprint density at radius 2 is 1.15 bits per heavy atom. The van der Waals surface area contributed by atoms with Crippen LogP contribution in [-0.4, -0.2) is 36.7 Å². The van der Waals surface area contributed by atoms with Crippen LogP contribution in [0, 0.1) is 11.8 Å². The molecular weight excluding hydrogens is 472 g/mol. The van der Waals surface area contributed by atoms with Gasteiger partial charge in [0.2, 0.25) is 11.8 Å². The van der Waals surface area contributed by atoms with Crippen molar-refractivity contribution in [2.75, 3.05) is 22.9 Å². The molecule has 1 aliphatic heterocycles. The van der Waals surface area contributed by atoms with E-state index in [2.05, 4.69) is 13.8 Å². The summed E-state index contributed by atoms with van der Waals surface area (Å²) in [4.78, 5) is 56.3. The van der Waals surface area contributed by atoms with Crippen molar-refractivity contribution in [3.05, 3.63) is 32.0 Å². The Hall–Kier alpha value is -2.72. The van der Waals surface area contributed by atoms with Gasteiger partial charge < -0.3 is 11.5 Å². The lowest BCUT2D eigenvalue weighted by atomic mass is 9.88. The van der Waals surface area contributed by atoms with E-state index in [-0.39, 0.29) is 24.9 Å². The highest BCUT2D eigenvalue weighted by Crippen LogP contribution is 2.44. The van der Waals surface area contributed by atoms with Gasteiger partial charge in [-0.3, -0.25) is 29.0 Å². The van der Waals surface area contributed by atoms with Crippen LogP contribution in [0.5, 0.6) is 0 Å². The molecule has 4 amide bonds. The van der Waals surface area contributed by atoms with Gasteiger partial charge in [-0.05, 0) is 61.5 Å². The van der Waals surface area contributed by atoms with Gasteiger partial charge >= 0.3 is 0 Å². The molecule has 4 N–H and O–H groups in total. The van der Waals surface area contributed by atoms with Gasteiger partial charge in [0.1, 0.15) is 23.1 Å². The topological polar surface area (TPSA) is 127 Å². The first kappa shape index (κ1) is 23.0. The normalized spacial score (nSPS) is 22.5. The summed E-state index contributed by atoms with van der Waals surface area (Å²) in [7, 11) is 0. The van der Waals surface area contributed by atoms with Crippen molar-refractivity contribution in [3.63, 3.8) is 0 Å². The van der Waals surface area contributed by atoms with Gasteiger partial charge in [-0.2, -0.15) is 0 Å². The van der Waals surface area contributed by atoms with E-state index in [1.54, 1.807) is 0 Å². The van der Waals surface area contributed by atoms with Crippen LogP contribution < -0.4 is 21.3 Å². The van der Waals surface area contributed by atoms with Gasteiger partial charge in [-0.15, -0.1) is 22.7 Å². The third-order valence-corrected chi connectivity index (χ3v) is 9.71. The Morgan fingerprint density at radius 3 is 1.50 bits per heavy atom. The second kappa shape index (κ2) is 8.49.